The summed E-state index contributed by atoms with van der Waals surface area (Å²) in [5, 5.41) is 10.0. The summed E-state index contributed by atoms with van der Waals surface area (Å²) in [6, 6.07) is 0.0368. The lowest BCUT2D eigenvalue weighted by atomic mass is 10.1. The zero-order chi connectivity index (χ0) is 13.9. The third-order valence-corrected chi connectivity index (χ3v) is 3.78. The first-order chi connectivity index (χ1) is 8.96. The number of aliphatic hydroxyl groups is 1. The third kappa shape index (κ3) is 4.59. The molecular formula is C12H21F3N2O2. The standard InChI is InChI=1S/C12H21F3N2O2/c13-12(14,15)2-1-3-16-8-10(11(18)9-16)17-4-6-19-7-5-17/h10-11,18H,1-9H2/t10-,11-/m0/s1. The third-order valence-electron chi connectivity index (χ3n) is 3.78. The molecule has 2 rings (SSSR count). The Hall–Kier alpha value is -0.370. The molecule has 1 N–H and O–H groups in total. The summed E-state index contributed by atoms with van der Waals surface area (Å²) in [4.78, 5) is 4.11. The molecule has 2 heterocycles. The molecule has 112 valence electrons. The topological polar surface area (TPSA) is 35.9 Å². The highest BCUT2D eigenvalue weighted by atomic mass is 19.4. The fourth-order valence-corrected chi connectivity index (χ4v) is 2.80. The van der Waals surface area contributed by atoms with Crippen LogP contribution in [-0.2, 0) is 4.74 Å². The van der Waals surface area contributed by atoms with E-state index in [1.807, 2.05) is 4.90 Å². The average Bonchev–Trinajstić information content (AvgIpc) is 2.70. The van der Waals surface area contributed by atoms with Gasteiger partial charge < -0.3 is 9.84 Å². The molecule has 4 nitrogen and oxygen atoms in total. The summed E-state index contributed by atoms with van der Waals surface area (Å²) in [6.45, 7) is 4.43. The SMILES string of the molecule is O[C@H]1CN(CCCC(F)(F)F)C[C@@H]1N1CCOCC1. The summed E-state index contributed by atoms with van der Waals surface area (Å²) in [7, 11) is 0. The second-order valence-electron chi connectivity index (χ2n) is 5.26. The van der Waals surface area contributed by atoms with Crippen molar-refractivity contribution in [3.8, 4) is 0 Å². The van der Waals surface area contributed by atoms with Gasteiger partial charge in [0.2, 0.25) is 0 Å². The molecule has 0 saturated carbocycles. The highest BCUT2D eigenvalue weighted by molar-refractivity contribution is 4.91. The van der Waals surface area contributed by atoms with Gasteiger partial charge in [-0.3, -0.25) is 9.80 Å². The van der Waals surface area contributed by atoms with Crippen LogP contribution in [0.4, 0.5) is 13.2 Å². The predicted molar refractivity (Wildman–Crippen MR) is 63.9 cm³/mol. The van der Waals surface area contributed by atoms with Gasteiger partial charge in [-0.15, -0.1) is 0 Å². The minimum Gasteiger partial charge on any atom is -0.390 e. The Balaban J connectivity index is 1.74. The summed E-state index contributed by atoms with van der Waals surface area (Å²) in [6.07, 6.45) is -5.19. The van der Waals surface area contributed by atoms with E-state index in [0.717, 1.165) is 13.1 Å². The van der Waals surface area contributed by atoms with Crippen LogP contribution in [0.1, 0.15) is 12.8 Å². The van der Waals surface area contributed by atoms with Crippen LogP contribution in [0, 0.1) is 0 Å². The van der Waals surface area contributed by atoms with E-state index in [2.05, 4.69) is 4.90 Å². The van der Waals surface area contributed by atoms with Gasteiger partial charge in [0, 0.05) is 38.6 Å². The van der Waals surface area contributed by atoms with Gasteiger partial charge in [0.25, 0.3) is 0 Å². The van der Waals surface area contributed by atoms with E-state index >= 15 is 0 Å². The molecule has 2 saturated heterocycles. The molecular weight excluding hydrogens is 261 g/mol. The van der Waals surface area contributed by atoms with Crippen molar-refractivity contribution >= 4 is 0 Å². The average molecular weight is 282 g/mol. The molecule has 0 amide bonds. The zero-order valence-electron chi connectivity index (χ0n) is 10.9. The molecule has 0 aromatic heterocycles. The molecule has 0 radical (unpaired) electrons. The second-order valence-corrected chi connectivity index (χ2v) is 5.26. The first kappa shape index (κ1) is 15.0. The van der Waals surface area contributed by atoms with Crippen LogP contribution in [0.15, 0.2) is 0 Å². The van der Waals surface area contributed by atoms with Crippen LogP contribution < -0.4 is 0 Å². The smallest absolute Gasteiger partial charge is 0.389 e. The fourth-order valence-electron chi connectivity index (χ4n) is 2.80. The van der Waals surface area contributed by atoms with Gasteiger partial charge in [0.1, 0.15) is 0 Å². The molecule has 2 fully saturated rings. The Labute approximate surface area is 111 Å². The quantitative estimate of drug-likeness (QED) is 0.824. The summed E-state index contributed by atoms with van der Waals surface area (Å²) >= 11 is 0. The number of rotatable bonds is 4. The van der Waals surface area contributed by atoms with E-state index in [1.165, 1.54) is 0 Å². The number of aliphatic hydroxyl groups excluding tert-OH is 1. The van der Waals surface area contributed by atoms with Crippen LogP contribution in [0.5, 0.6) is 0 Å². The Morgan fingerprint density at radius 1 is 1.16 bits per heavy atom. The largest absolute Gasteiger partial charge is 0.390 e. The summed E-state index contributed by atoms with van der Waals surface area (Å²) < 4.78 is 41.5. The highest BCUT2D eigenvalue weighted by Crippen LogP contribution is 2.23. The van der Waals surface area contributed by atoms with Crippen LogP contribution in [0.25, 0.3) is 0 Å². The first-order valence-electron chi connectivity index (χ1n) is 6.75. The molecule has 0 spiro atoms. The molecule has 19 heavy (non-hydrogen) atoms. The van der Waals surface area contributed by atoms with Crippen molar-refractivity contribution in [1.29, 1.82) is 0 Å². The zero-order valence-corrected chi connectivity index (χ0v) is 10.9. The van der Waals surface area contributed by atoms with Gasteiger partial charge >= 0.3 is 6.18 Å². The van der Waals surface area contributed by atoms with Crippen molar-refractivity contribution < 1.29 is 23.0 Å². The van der Waals surface area contributed by atoms with Gasteiger partial charge in [-0.2, -0.15) is 13.2 Å². The highest BCUT2D eigenvalue weighted by Gasteiger charge is 2.36. The first-order valence-corrected chi connectivity index (χ1v) is 6.75. The number of alkyl halides is 3. The molecule has 2 atom stereocenters. The van der Waals surface area contributed by atoms with Crippen molar-refractivity contribution in [1.82, 2.24) is 9.80 Å². The number of morpholine rings is 1. The van der Waals surface area contributed by atoms with Gasteiger partial charge in [-0.1, -0.05) is 0 Å². The molecule has 7 heteroatoms. The van der Waals surface area contributed by atoms with E-state index in [9.17, 15) is 18.3 Å². The predicted octanol–water partition coefficient (Wildman–Crippen LogP) is 0.706. The lowest BCUT2D eigenvalue weighted by Crippen LogP contribution is -2.48. The number of nitrogens with zero attached hydrogens (tertiary/aromatic N) is 2. The summed E-state index contributed by atoms with van der Waals surface area (Å²) in [5.74, 6) is 0. The Bertz CT molecular complexity index is 283. The molecule has 0 aromatic carbocycles. The maximum Gasteiger partial charge on any atom is 0.389 e. The number of ether oxygens (including phenoxy) is 1. The van der Waals surface area contributed by atoms with Crippen molar-refractivity contribution in [3.63, 3.8) is 0 Å². The minimum absolute atomic E-state index is 0.0368. The monoisotopic (exact) mass is 282 g/mol. The minimum atomic E-state index is -4.08. The Morgan fingerprint density at radius 2 is 1.84 bits per heavy atom. The Morgan fingerprint density at radius 3 is 2.47 bits per heavy atom. The van der Waals surface area contributed by atoms with Gasteiger partial charge in [0.05, 0.1) is 19.3 Å². The number of likely N-dealkylation sites (tertiary alicyclic amines) is 1. The number of hydrogen-bond donors (Lipinski definition) is 1. The maximum absolute atomic E-state index is 12.1. The van der Waals surface area contributed by atoms with Crippen molar-refractivity contribution in [3.05, 3.63) is 0 Å². The van der Waals surface area contributed by atoms with Gasteiger partial charge in [-0.25, -0.2) is 0 Å². The van der Waals surface area contributed by atoms with E-state index in [4.69, 9.17) is 4.74 Å². The second kappa shape index (κ2) is 6.39. The van der Waals surface area contributed by atoms with Crippen LogP contribution >= 0.6 is 0 Å². The molecule has 0 aromatic rings. The van der Waals surface area contributed by atoms with Crippen molar-refractivity contribution in [2.45, 2.75) is 31.2 Å². The molecule has 2 aliphatic heterocycles. The van der Waals surface area contributed by atoms with E-state index in [-0.39, 0.29) is 12.5 Å². The van der Waals surface area contributed by atoms with Crippen molar-refractivity contribution in [2.24, 2.45) is 0 Å². The van der Waals surface area contributed by atoms with Crippen LogP contribution in [0.2, 0.25) is 0 Å². The summed E-state index contributed by atoms with van der Waals surface area (Å²) in [5.41, 5.74) is 0. The molecule has 0 bridgehead atoms. The van der Waals surface area contributed by atoms with E-state index < -0.39 is 18.7 Å². The maximum atomic E-state index is 12.1. The normalized spacial score (nSPS) is 30.9. The lowest BCUT2D eigenvalue weighted by molar-refractivity contribution is -0.136. The van der Waals surface area contributed by atoms with Gasteiger partial charge in [0.15, 0.2) is 0 Å². The molecule has 2 aliphatic rings. The van der Waals surface area contributed by atoms with Crippen LogP contribution in [0.3, 0.4) is 0 Å². The van der Waals surface area contributed by atoms with Gasteiger partial charge in [-0.05, 0) is 13.0 Å². The lowest BCUT2D eigenvalue weighted by Gasteiger charge is -2.33. The molecule has 0 unspecified atom stereocenters. The number of β-amino-alcohol motifs (C(OH)–C–C–N with tert-alkyl or cyclic N) is 1. The fraction of sp³-hybridized carbons (Fsp3) is 1.00. The van der Waals surface area contributed by atoms with E-state index in [0.29, 0.717) is 32.8 Å². The van der Waals surface area contributed by atoms with E-state index in [1.54, 1.807) is 0 Å². The van der Waals surface area contributed by atoms with Crippen molar-refractivity contribution in [2.75, 3.05) is 45.9 Å². The number of hydrogen-bond acceptors (Lipinski definition) is 4. The number of halogens is 3. The molecule has 0 aliphatic carbocycles. The van der Waals surface area contributed by atoms with Crippen LogP contribution in [-0.4, -0.2) is 79.2 Å². The Kier molecular flexibility index (Phi) is 5.05.